The maximum atomic E-state index is 13.5. The molecule has 1 atom stereocenters. The van der Waals surface area contributed by atoms with Crippen molar-refractivity contribution in [2.75, 3.05) is 20.6 Å². The standard InChI is InChI=1S/C25H26FNO/c1-27(2)16-6-15-25(22-10-12-23(26)13-11-22)24-14-9-20(17-21(24)18-28-25)19-7-4-3-5-8-19/h3-5,7-14,17H,6,15-16,18H2,1-2H3. The van der Waals surface area contributed by atoms with Gasteiger partial charge in [-0.2, -0.15) is 0 Å². The van der Waals surface area contributed by atoms with E-state index in [2.05, 4.69) is 61.5 Å². The van der Waals surface area contributed by atoms with Crippen LogP contribution in [0.3, 0.4) is 0 Å². The van der Waals surface area contributed by atoms with Crippen LogP contribution >= 0.6 is 0 Å². The molecule has 0 fully saturated rings. The largest absolute Gasteiger partial charge is 0.361 e. The van der Waals surface area contributed by atoms with Crippen LogP contribution in [0.4, 0.5) is 4.39 Å². The van der Waals surface area contributed by atoms with E-state index in [1.54, 1.807) is 0 Å². The fraction of sp³-hybridized carbons (Fsp3) is 0.280. The number of hydrogen-bond donors (Lipinski definition) is 0. The van der Waals surface area contributed by atoms with E-state index in [4.69, 9.17) is 4.74 Å². The van der Waals surface area contributed by atoms with Crippen LogP contribution in [0, 0.1) is 5.82 Å². The Bertz CT molecular complexity index is 937. The SMILES string of the molecule is CN(C)CCCC1(c2ccc(F)cc2)OCc2cc(-c3ccccc3)ccc21. The lowest BCUT2D eigenvalue weighted by atomic mass is 9.81. The van der Waals surface area contributed by atoms with Gasteiger partial charge < -0.3 is 9.64 Å². The second kappa shape index (κ2) is 7.86. The summed E-state index contributed by atoms with van der Waals surface area (Å²) in [5.41, 5.74) is 5.35. The third-order valence-electron chi connectivity index (χ3n) is 5.57. The Balaban J connectivity index is 1.73. The molecule has 3 aromatic carbocycles. The zero-order chi connectivity index (χ0) is 19.6. The molecule has 2 nitrogen and oxygen atoms in total. The maximum Gasteiger partial charge on any atom is 0.123 e. The Morgan fingerprint density at radius 1 is 0.929 bits per heavy atom. The zero-order valence-electron chi connectivity index (χ0n) is 16.5. The number of halogens is 1. The Morgan fingerprint density at radius 2 is 1.68 bits per heavy atom. The predicted octanol–water partition coefficient (Wildman–Crippen LogP) is 5.61. The van der Waals surface area contributed by atoms with Gasteiger partial charge >= 0.3 is 0 Å². The van der Waals surface area contributed by atoms with Gasteiger partial charge in [-0.15, -0.1) is 0 Å². The molecule has 0 aromatic heterocycles. The van der Waals surface area contributed by atoms with E-state index in [0.717, 1.165) is 24.9 Å². The number of fused-ring (bicyclic) bond motifs is 1. The summed E-state index contributed by atoms with van der Waals surface area (Å²) in [6.45, 7) is 1.57. The van der Waals surface area contributed by atoms with Crippen molar-refractivity contribution >= 4 is 0 Å². The molecule has 0 aliphatic carbocycles. The summed E-state index contributed by atoms with van der Waals surface area (Å²) in [5, 5.41) is 0. The summed E-state index contributed by atoms with van der Waals surface area (Å²) in [5.74, 6) is -0.218. The molecule has 3 heteroatoms. The van der Waals surface area contributed by atoms with E-state index in [-0.39, 0.29) is 5.82 Å². The Kier molecular flexibility index (Phi) is 5.29. The van der Waals surface area contributed by atoms with Gasteiger partial charge in [0.1, 0.15) is 11.4 Å². The smallest absolute Gasteiger partial charge is 0.123 e. The van der Waals surface area contributed by atoms with E-state index in [0.29, 0.717) is 6.61 Å². The molecule has 3 aromatic rings. The van der Waals surface area contributed by atoms with Crippen LogP contribution in [0.1, 0.15) is 29.5 Å². The molecule has 4 rings (SSSR count). The minimum Gasteiger partial charge on any atom is -0.361 e. The van der Waals surface area contributed by atoms with Crippen LogP contribution < -0.4 is 0 Å². The summed E-state index contributed by atoms with van der Waals surface area (Å²) < 4.78 is 20.0. The van der Waals surface area contributed by atoms with E-state index < -0.39 is 5.60 Å². The molecule has 0 spiro atoms. The first-order chi connectivity index (χ1) is 13.6. The normalized spacial score (nSPS) is 18.4. The summed E-state index contributed by atoms with van der Waals surface area (Å²) in [4.78, 5) is 2.19. The van der Waals surface area contributed by atoms with Crippen molar-refractivity contribution in [3.63, 3.8) is 0 Å². The fourth-order valence-corrected chi connectivity index (χ4v) is 4.15. The lowest BCUT2D eigenvalue weighted by Gasteiger charge is -2.31. The van der Waals surface area contributed by atoms with Crippen LogP contribution in [0.2, 0.25) is 0 Å². The third kappa shape index (κ3) is 3.60. The predicted molar refractivity (Wildman–Crippen MR) is 112 cm³/mol. The highest BCUT2D eigenvalue weighted by Gasteiger charge is 2.41. The molecular formula is C25H26FNO. The van der Waals surface area contributed by atoms with Crippen molar-refractivity contribution in [3.05, 3.63) is 95.3 Å². The second-order valence-electron chi connectivity index (χ2n) is 7.77. The van der Waals surface area contributed by atoms with Gasteiger partial charge in [0.2, 0.25) is 0 Å². The Morgan fingerprint density at radius 3 is 2.39 bits per heavy atom. The molecule has 0 radical (unpaired) electrons. The molecule has 1 aliphatic heterocycles. The van der Waals surface area contributed by atoms with Gasteiger partial charge in [0.15, 0.2) is 0 Å². The fourth-order valence-electron chi connectivity index (χ4n) is 4.15. The molecule has 0 saturated heterocycles. The van der Waals surface area contributed by atoms with Crippen LogP contribution in [0.15, 0.2) is 72.8 Å². The van der Waals surface area contributed by atoms with E-state index in [1.165, 1.54) is 34.4 Å². The highest BCUT2D eigenvalue weighted by Crippen LogP contribution is 2.46. The van der Waals surface area contributed by atoms with Crippen molar-refractivity contribution < 1.29 is 9.13 Å². The van der Waals surface area contributed by atoms with Crippen molar-refractivity contribution in [2.24, 2.45) is 0 Å². The molecule has 0 bridgehead atoms. The van der Waals surface area contributed by atoms with E-state index >= 15 is 0 Å². The molecule has 1 heterocycles. The van der Waals surface area contributed by atoms with Gasteiger partial charge in [-0.3, -0.25) is 0 Å². The van der Waals surface area contributed by atoms with Gasteiger partial charge in [-0.1, -0.05) is 54.6 Å². The molecule has 0 amide bonds. The van der Waals surface area contributed by atoms with Gasteiger partial charge in [-0.05, 0) is 79.5 Å². The molecule has 1 aliphatic rings. The van der Waals surface area contributed by atoms with Gasteiger partial charge in [0.25, 0.3) is 0 Å². The molecule has 144 valence electrons. The number of ether oxygens (including phenoxy) is 1. The van der Waals surface area contributed by atoms with Crippen LogP contribution in [0.25, 0.3) is 11.1 Å². The summed E-state index contributed by atoms with van der Waals surface area (Å²) >= 11 is 0. The van der Waals surface area contributed by atoms with E-state index in [9.17, 15) is 4.39 Å². The summed E-state index contributed by atoms with van der Waals surface area (Å²) in [6, 6.07) is 23.8. The number of nitrogens with zero attached hydrogens (tertiary/aromatic N) is 1. The lowest BCUT2D eigenvalue weighted by Crippen LogP contribution is -2.28. The second-order valence-corrected chi connectivity index (χ2v) is 7.77. The van der Waals surface area contributed by atoms with Crippen LogP contribution in [-0.2, 0) is 16.9 Å². The molecule has 0 saturated carbocycles. The zero-order valence-corrected chi connectivity index (χ0v) is 16.5. The van der Waals surface area contributed by atoms with Gasteiger partial charge in [0.05, 0.1) is 6.61 Å². The number of benzene rings is 3. The molecule has 0 N–H and O–H groups in total. The first-order valence-corrected chi connectivity index (χ1v) is 9.82. The van der Waals surface area contributed by atoms with Crippen molar-refractivity contribution in [1.82, 2.24) is 4.90 Å². The highest BCUT2D eigenvalue weighted by atomic mass is 19.1. The highest BCUT2D eigenvalue weighted by molar-refractivity contribution is 5.66. The quantitative estimate of drug-likeness (QED) is 0.555. The van der Waals surface area contributed by atoms with Crippen molar-refractivity contribution in [1.29, 1.82) is 0 Å². The summed E-state index contributed by atoms with van der Waals surface area (Å²) in [6.07, 6.45) is 1.87. The third-order valence-corrected chi connectivity index (χ3v) is 5.57. The molecule has 28 heavy (non-hydrogen) atoms. The number of hydrogen-bond acceptors (Lipinski definition) is 2. The Hall–Kier alpha value is -2.49. The minimum atomic E-state index is -0.506. The molecular weight excluding hydrogens is 349 g/mol. The van der Waals surface area contributed by atoms with Crippen LogP contribution in [-0.4, -0.2) is 25.5 Å². The topological polar surface area (TPSA) is 12.5 Å². The monoisotopic (exact) mass is 375 g/mol. The number of rotatable bonds is 6. The van der Waals surface area contributed by atoms with Crippen molar-refractivity contribution in [3.8, 4) is 11.1 Å². The first kappa shape index (κ1) is 18.9. The maximum absolute atomic E-state index is 13.5. The average molecular weight is 375 g/mol. The summed E-state index contributed by atoms with van der Waals surface area (Å²) in [7, 11) is 4.17. The van der Waals surface area contributed by atoms with Gasteiger partial charge in [-0.25, -0.2) is 4.39 Å². The van der Waals surface area contributed by atoms with Gasteiger partial charge in [0, 0.05) is 0 Å². The van der Waals surface area contributed by atoms with Crippen LogP contribution in [0.5, 0.6) is 0 Å². The van der Waals surface area contributed by atoms with E-state index in [1.807, 2.05) is 18.2 Å². The first-order valence-electron chi connectivity index (χ1n) is 9.82. The average Bonchev–Trinajstić information content (AvgIpc) is 3.08. The molecule has 1 unspecified atom stereocenters. The lowest BCUT2D eigenvalue weighted by molar-refractivity contribution is -0.0140. The van der Waals surface area contributed by atoms with Crippen molar-refractivity contribution in [2.45, 2.75) is 25.0 Å². The minimum absolute atomic E-state index is 0.218. The Labute approximate surface area is 166 Å².